The first kappa shape index (κ1) is 20.3. The minimum Gasteiger partial charge on any atom is -0.339 e. The van der Waals surface area contributed by atoms with Gasteiger partial charge in [0.05, 0.1) is 10.4 Å². The van der Waals surface area contributed by atoms with Crippen LogP contribution >= 0.6 is 12.4 Å². The van der Waals surface area contributed by atoms with E-state index in [-0.39, 0.29) is 19.0 Å². The van der Waals surface area contributed by atoms with Gasteiger partial charge in [-0.15, -0.1) is 12.4 Å². The highest BCUT2D eigenvalue weighted by molar-refractivity contribution is 7.89. The van der Waals surface area contributed by atoms with Crippen LogP contribution in [0.4, 0.5) is 0 Å². The van der Waals surface area contributed by atoms with E-state index in [0.717, 1.165) is 44.1 Å². The average molecular weight is 413 g/mol. The molecule has 0 bridgehead atoms. The number of fused-ring (bicyclic) bond motifs is 1. The topological polar surface area (TPSA) is 111 Å². The minimum atomic E-state index is -3.54. The highest BCUT2D eigenvalue weighted by Crippen LogP contribution is 2.36. The zero-order valence-corrected chi connectivity index (χ0v) is 16.7. The summed E-state index contributed by atoms with van der Waals surface area (Å²) in [4.78, 5) is 4.64. The second kappa shape index (κ2) is 7.87. The fraction of sp³-hybridized carbons (Fsp3) is 0.556. The van der Waals surface area contributed by atoms with Crippen molar-refractivity contribution >= 4 is 22.4 Å². The Morgan fingerprint density at radius 2 is 1.89 bits per heavy atom. The molecule has 0 spiro atoms. The Morgan fingerprint density at radius 3 is 2.59 bits per heavy atom. The van der Waals surface area contributed by atoms with Crippen LogP contribution in [-0.2, 0) is 34.8 Å². The van der Waals surface area contributed by atoms with Crippen LogP contribution in [0.5, 0.6) is 0 Å². The molecule has 2 aliphatic rings. The summed E-state index contributed by atoms with van der Waals surface area (Å²) in [7, 11) is -3.54. The Kier molecular flexibility index (Phi) is 5.90. The van der Waals surface area contributed by atoms with E-state index < -0.39 is 15.6 Å². The molecular formula is C18H25ClN4O3S. The number of aryl methyl sites for hydroxylation is 2. The van der Waals surface area contributed by atoms with Gasteiger partial charge in [-0.25, -0.2) is 13.1 Å². The maximum atomic E-state index is 12.5. The Morgan fingerprint density at radius 1 is 1.15 bits per heavy atom. The third-order valence-corrected chi connectivity index (χ3v) is 6.88. The van der Waals surface area contributed by atoms with Gasteiger partial charge in [0.2, 0.25) is 15.9 Å². The van der Waals surface area contributed by atoms with Crippen LogP contribution in [0.1, 0.15) is 54.9 Å². The number of nitrogens with one attached hydrogen (secondary N) is 1. The molecule has 0 unspecified atom stereocenters. The third kappa shape index (κ3) is 4.18. The van der Waals surface area contributed by atoms with Gasteiger partial charge in [-0.1, -0.05) is 11.2 Å². The van der Waals surface area contributed by atoms with Crippen LogP contribution in [-0.4, -0.2) is 25.1 Å². The maximum absolute atomic E-state index is 12.5. The van der Waals surface area contributed by atoms with Gasteiger partial charge >= 0.3 is 0 Å². The smallest absolute Gasteiger partial charge is 0.240 e. The molecule has 27 heavy (non-hydrogen) atoms. The first-order valence-electron chi connectivity index (χ1n) is 9.20. The Labute approximate surface area is 165 Å². The van der Waals surface area contributed by atoms with Crippen molar-refractivity contribution in [2.75, 3.05) is 6.54 Å². The van der Waals surface area contributed by atoms with E-state index in [1.54, 1.807) is 12.1 Å². The molecule has 2 aliphatic carbocycles. The Bertz CT molecular complexity index is 909. The number of nitrogens with zero attached hydrogens (tertiary/aromatic N) is 2. The van der Waals surface area contributed by atoms with Crippen molar-refractivity contribution in [3.8, 4) is 0 Å². The fourth-order valence-electron chi connectivity index (χ4n) is 3.59. The number of hydrogen-bond acceptors (Lipinski definition) is 6. The lowest BCUT2D eigenvalue weighted by Crippen LogP contribution is -2.44. The normalized spacial score (nSPS) is 18.3. The molecule has 148 valence electrons. The molecule has 7 nitrogen and oxygen atoms in total. The quantitative estimate of drug-likeness (QED) is 0.752. The van der Waals surface area contributed by atoms with E-state index in [1.165, 1.54) is 12.0 Å². The van der Waals surface area contributed by atoms with Gasteiger partial charge in [-0.3, -0.25) is 0 Å². The summed E-state index contributed by atoms with van der Waals surface area (Å²) in [5.74, 6) is 0.932. The molecule has 3 N–H and O–H groups in total. The third-order valence-electron chi connectivity index (χ3n) is 5.42. The van der Waals surface area contributed by atoms with Crippen molar-refractivity contribution in [2.24, 2.45) is 5.73 Å². The van der Waals surface area contributed by atoms with Crippen molar-refractivity contribution in [2.45, 2.75) is 61.8 Å². The molecule has 1 saturated carbocycles. The molecule has 0 radical (unpaired) electrons. The number of sulfonamides is 1. The second-order valence-corrected chi connectivity index (χ2v) is 9.07. The van der Waals surface area contributed by atoms with Gasteiger partial charge < -0.3 is 10.3 Å². The molecule has 4 rings (SSSR count). The number of hydrogen-bond donors (Lipinski definition) is 2. The largest absolute Gasteiger partial charge is 0.339 e. The standard InChI is InChI=1S/C18H24N4O3S.ClH/c19-18(9-3-10-18)17-21-16(25-22-17)8-11-20-26(23,24)15-7-6-13-4-1-2-5-14(13)12-15;/h6-7,12,20H,1-5,8-11,19H2;1H. The zero-order valence-electron chi connectivity index (χ0n) is 15.1. The van der Waals surface area contributed by atoms with Crippen LogP contribution in [0.2, 0.25) is 0 Å². The number of halogens is 1. The summed E-state index contributed by atoms with van der Waals surface area (Å²) < 4.78 is 32.9. The molecule has 1 fully saturated rings. The summed E-state index contributed by atoms with van der Waals surface area (Å²) in [6.07, 6.45) is 7.40. The van der Waals surface area contributed by atoms with Gasteiger partial charge in [-0.05, 0) is 68.2 Å². The van der Waals surface area contributed by atoms with Gasteiger partial charge in [0.1, 0.15) is 0 Å². The molecule has 2 aromatic rings. The van der Waals surface area contributed by atoms with Crippen LogP contribution in [0.3, 0.4) is 0 Å². The molecule has 1 aromatic heterocycles. The Hall–Kier alpha value is -1.48. The molecule has 1 heterocycles. The predicted molar refractivity (Wildman–Crippen MR) is 103 cm³/mol. The molecule has 0 saturated heterocycles. The molecule has 9 heteroatoms. The Balaban J connectivity index is 0.00000210. The highest BCUT2D eigenvalue weighted by Gasteiger charge is 2.38. The van der Waals surface area contributed by atoms with Crippen molar-refractivity contribution in [3.63, 3.8) is 0 Å². The van der Waals surface area contributed by atoms with E-state index in [4.69, 9.17) is 10.3 Å². The van der Waals surface area contributed by atoms with Crippen LogP contribution in [0.25, 0.3) is 0 Å². The van der Waals surface area contributed by atoms with E-state index in [2.05, 4.69) is 14.9 Å². The SMILES string of the molecule is Cl.NC1(c2noc(CCNS(=O)(=O)c3ccc4c(c3)CCCC4)n2)CCC1. The summed E-state index contributed by atoms with van der Waals surface area (Å²) in [5, 5.41) is 3.94. The summed E-state index contributed by atoms with van der Waals surface area (Å²) in [6, 6.07) is 5.43. The van der Waals surface area contributed by atoms with Crippen molar-refractivity contribution < 1.29 is 12.9 Å². The van der Waals surface area contributed by atoms with E-state index in [1.807, 2.05) is 6.07 Å². The van der Waals surface area contributed by atoms with E-state index in [9.17, 15) is 8.42 Å². The molecule has 0 aliphatic heterocycles. The maximum Gasteiger partial charge on any atom is 0.240 e. The molecular weight excluding hydrogens is 388 g/mol. The number of benzene rings is 1. The average Bonchev–Trinajstić information content (AvgIpc) is 3.08. The van der Waals surface area contributed by atoms with Crippen molar-refractivity contribution in [3.05, 3.63) is 41.0 Å². The van der Waals surface area contributed by atoms with Gasteiger partial charge in [0.15, 0.2) is 5.82 Å². The van der Waals surface area contributed by atoms with E-state index in [0.29, 0.717) is 23.0 Å². The lowest BCUT2D eigenvalue weighted by Gasteiger charge is -2.34. The second-order valence-electron chi connectivity index (χ2n) is 7.31. The molecule has 1 aromatic carbocycles. The van der Waals surface area contributed by atoms with Crippen molar-refractivity contribution in [1.29, 1.82) is 0 Å². The van der Waals surface area contributed by atoms with Crippen LogP contribution in [0.15, 0.2) is 27.6 Å². The van der Waals surface area contributed by atoms with Crippen molar-refractivity contribution in [1.82, 2.24) is 14.9 Å². The first-order chi connectivity index (χ1) is 12.5. The number of nitrogens with two attached hydrogens (primary N) is 1. The predicted octanol–water partition coefficient (Wildman–Crippen LogP) is 2.23. The fourth-order valence-corrected chi connectivity index (χ4v) is 4.67. The summed E-state index contributed by atoms with van der Waals surface area (Å²) in [6.45, 7) is 0.207. The van der Waals surface area contributed by atoms with Crippen LogP contribution in [0, 0.1) is 0 Å². The molecule has 0 amide bonds. The number of aromatic nitrogens is 2. The summed E-state index contributed by atoms with van der Waals surface area (Å²) in [5.41, 5.74) is 8.11. The lowest BCUT2D eigenvalue weighted by atomic mass is 9.77. The van der Waals surface area contributed by atoms with E-state index >= 15 is 0 Å². The monoisotopic (exact) mass is 412 g/mol. The zero-order chi connectivity index (χ0) is 18.2. The van der Waals surface area contributed by atoms with Crippen LogP contribution < -0.4 is 10.5 Å². The summed E-state index contributed by atoms with van der Waals surface area (Å²) >= 11 is 0. The lowest BCUT2D eigenvalue weighted by molar-refractivity contribution is 0.229. The highest BCUT2D eigenvalue weighted by atomic mass is 35.5. The minimum absolute atomic E-state index is 0. The molecule has 0 atom stereocenters. The van der Waals surface area contributed by atoms with Gasteiger partial charge in [-0.2, -0.15) is 4.98 Å². The van der Waals surface area contributed by atoms with Gasteiger partial charge in [0, 0.05) is 13.0 Å². The number of rotatable bonds is 6. The first-order valence-corrected chi connectivity index (χ1v) is 10.7. The van der Waals surface area contributed by atoms with Gasteiger partial charge in [0.25, 0.3) is 0 Å².